The van der Waals surface area contributed by atoms with Crippen molar-refractivity contribution in [3.63, 3.8) is 0 Å². The summed E-state index contributed by atoms with van der Waals surface area (Å²) in [6.45, 7) is 1.59. The van der Waals surface area contributed by atoms with Crippen LogP contribution in [0.15, 0.2) is 42.6 Å². The Bertz CT molecular complexity index is 1370. The fourth-order valence-electron chi connectivity index (χ4n) is 3.14. The van der Waals surface area contributed by atoms with Crippen LogP contribution in [0.2, 0.25) is 5.02 Å². The number of ether oxygens (including phenoxy) is 1. The van der Waals surface area contributed by atoms with Crippen molar-refractivity contribution in [2.24, 2.45) is 5.73 Å². The Hall–Kier alpha value is -3.57. The van der Waals surface area contributed by atoms with Crippen molar-refractivity contribution in [2.75, 3.05) is 5.32 Å². The quantitative estimate of drug-likeness (QED) is 0.386. The first-order valence-corrected chi connectivity index (χ1v) is 10.7. The maximum absolute atomic E-state index is 13.1. The van der Waals surface area contributed by atoms with E-state index in [2.05, 4.69) is 15.4 Å². The van der Waals surface area contributed by atoms with Crippen molar-refractivity contribution in [3.8, 4) is 5.75 Å². The van der Waals surface area contributed by atoms with E-state index in [9.17, 15) is 18.4 Å². The van der Waals surface area contributed by atoms with Crippen molar-refractivity contribution < 1.29 is 23.1 Å². The average Bonchev–Trinajstić information content (AvgIpc) is 3.38. The number of hydrogen-bond donors (Lipinski definition) is 2. The number of para-hydroxylation sites is 1. The molecule has 2 amide bonds. The van der Waals surface area contributed by atoms with Crippen molar-refractivity contribution in [1.29, 1.82) is 0 Å². The van der Waals surface area contributed by atoms with Crippen LogP contribution in [0, 0.1) is 6.92 Å². The van der Waals surface area contributed by atoms with E-state index in [1.54, 1.807) is 31.2 Å². The summed E-state index contributed by atoms with van der Waals surface area (Å²) < 4.78 is 33.2. The Morgan fingerprint density at radius 2 is 2.06 bits per heavy atom. The van der Waals surface area contributed by atoms with Crippen molar-refractivity contribution >= 4 is 50.7 Å². The monoisotopic (exact) mass is 491 g/mol. The van der Waals surface area contributed by atoms with Crippen LogP contribution in [-0.4, -0.2) is 26.6 Å². The van der Waals surface area contributed by atoms with Gasteiger partial charge in [-0.3, -0.25) is 9.59 Å². The number of hydrogen-bond acceptors (Lipinski definition) is 6. The molecule has 3 heterocycles. The molecule has 170 valence electrons. The number of amides is 2. The van der Waals surface area contributed by atoms with Crippen LogP contribution in [0.4, 0.5) is 14.5 Å². The molecule has 3 aromatic heterocycles. The molecule has 33 heavy (non-hydrogen) atoms. The van der Waals surface area contributed by atoms with Gasteiger partial charge < -0.3 is 15.8 Å². The minimum absolute atomic E-state index is 0.00171. The molecule has 0 aliphatic carbocycles. The number of carbonyl (C=O) groups excluding carboxylic acids is 2. The normalized spacial score (nSPS) is 11.2. The smallest absolute Gasteiger partial charge is 0.280 e. The zero-order chi connectivity index (χ0) is 23.7. The maximum atomic E-state index is 13.1. The molecular formula is C21H16ClF2N5O3S. The number of nitrogens with zero attached hydrogens (tertiary/aromatic N) is 3. The highest BCUT2D eigenvalue weighted by Crippen LogP contribution is 2.38. The highest BCUT2D eigenvalue weighted by molar-refractivity contribution is 7.21. The number of nitrogens with one attached hydrogen (secondary N) is 1. The lowest BCUT2D eigenvalue weighted by Gasteiger charge is -2.08. The van der Waals surface area contributed by atoms with E-state index in [-0.39, 0.29) is 27.8 Å². The molecule has 8 nitrogen and oxygen atoms in total. The molecule has 3 N–H and O–H groups in total. The molecule has 0 saturated carbocycles. The predicted molar refractivity (Wildman–Crippen MR) is 120 cm³/mol. The van der Waals surface area contributed by atoms with E-state index in [0.29, 0.717) is 21.7 Å². The second kappa shape index (κ2) is 9.12. The number of primary amides is 1. The van der Waals surface area contributed by atoms with Gasteiger partial charge in [0.1, 0.15) is 21.2 Å². The summed E-state index contributed by atoms with van der Waals surface area (Å²) in [6.07, 6.45) is -1.24. The summed E-state index contributed by atoms with van der Waals surface area (Å²) in [7, 11) is 0. The SMILES string of the molecule is Cc1cc(C(F)F)nc2sc(C(N)=O)c(NC(=O)c3ccn(COc4ccccc4Cl)n3)c12. The molecule has 1 aromatic carbocycles. The number of alkyl halides is 2. The molecule has 0 fully saturated rings. The Balaban J connectivity index is 1.58. The molecule has 4 rings (SSSR count). The Kier molecular flexibility index (Phi) is 6.25. The van der Waals surface area contributed by atoms with E-state index >= 15 is 0 Å². The van der Waals surface area contributed by atoms with Crippen LogP contribution in [-0.2, 0) is 6.73 Å². The molecule has 4 aromatic rings. The number of anilines is 1. The number of fused-ring (bicyclic) bond motifs is 1. The van der Waals surface area contributed by atoms with Gasteiger partial charge in [0.05, 0.1) is 10.7 Å². The molecule has 0 saturated heterocycles. The third kappa shape index (κ3) is 4.64. The zero-order valence-electron chi connectivity index (χ0n) is 17.0. The average molecular weight is 492 g/mol. The van der Waals surface area contributed by atoms with E-state index in [1.807, 2.05) is 0 Å². The van der Waals surface area contributed by atoms with Gasteiger partial charge in [-0.15, -0.1) is 11.3 Å². The van der Waals surface area contributed by atoms with Gasteiger partial charge in [-0.2, -0.15) is 5.10 Å². The Morgan fingerprint density at radius 3 is 2.76 bits per heavy atom. The standard InChI is InChI=1S/C21H16ClF2N5O3S/c1-10-8-13(18(23)24)26-21-15(10)16(17(33-21)19(25)30)27-20(31)12-6-7-29(28-12)9-32-14-5-3-2-4-11(14)22/h2-8,18H,9H2,1H3,(H2,25,30)(H,27,31). The van der Waals surface area contributed by atoms with Crippen LogP contribution < -0.4 is 15.8 Å². The topological polar surface area (TPSA) is 112 Å². The summed E-state index contributed by atoms with van der Waals surface area (Å²) in [5.41, 5.74) is 5.60. The fourth-order valence-corrected chi connectivity index (χ4v) is 4.40. The van der Waals surface area contributed by atoms with Crippen LogP contribution >= 0.6 is 22.9 Å². The van der Waals surface area contributed by atoms with Gasteiger partial charge in [0.25, 0.3) is 18.2 Å². The van der Waals surface area contributed by atoms with Gasteiger partial charge in [-0.25, -0.2) is 18.4 Å². The van der Waals surface area contributed by atoms with E-state index < -0.39 is 23.9 Å². The van der Waals surface area contributed by atoms with Crippen LogP contribution in [0.25, 0.3) is 10.2 Å². The first-order valence-electron chi connectivity index (χ1n) is 9.48. The third-order valence-corrected chi connectivity index (χ3v) is 6.04. The van der Waals surface area contributed by atoms with Gasteiger partial charge in [-0.05, 0) is 36.8 Å². The minimum atomic E-state index is -2.78. The molecule has 0 aliphatic heterocycles. The largest absolute Gasteiger partial charge is 0.470 e. The summed E-state index contributed by atoms with van der Waals surface area (Å²) in [5, 5.41) is 7.58. The van der Waals surface area contributed by atoms with Gasteiger partial charge >= 0.3 is 0 Å². The molecule has 0 atom stereocenters. The highest BCUT2D eigenvalue weighted by Gasteiger charge is 2.24. The van der Waals surface area contributed by atoms with E-state index in [0.717, 1.165) is 11.3 Å². The summed E-state index contributed by atoms with van der Waals surface area (Å²) in [4.78, 5) is 28.9. The number of aromatic nitrogens is 3. The molecule has 12 heteroatoms. The van der Waals surface area contributed by atoms with Crippen molar-refractivity contribution in [2.45, 2.75) is 20.1 Å². The zero-order valence-corrected chi connectivity index (χ0v) is 18.6. The number of nitrogens with two attached hydrogens (primary N) is 1. The van der Waals surface area contributed by atoms with Crippen molar-refractivity contribution in [1.82, 2.24) is 14.8 Å². The lowest BCUT2D eigenvalue weighted by Crippen LogP contribution is -2.18. The van der Waals surface area contributed by atoms with Gasteiger partial charge in [0, 0.05) is 11.6 Å². The second-order valence-electron chi connectivity index (χ2n) is 6.91. The Labute approximate surface area is 194 Å². The van der Waals surface area contributed by atoms with Gasteiger partial charge in [0.15, 0.2) is 12.4 Å². The molecule has 0 bridgehead atoms. The van der Waals surface area contributed by atoms with Gasteiger partial charge in [-0.1, -0.05) is 23.7 Å². The number of benzene rings is 1. The number of thiophene rings is 1. The summed E-state index contributed by atoms with van der Waals surface area (Å²) >= 11 is 6.89. The third-order valence-electron chi connectivity index (χ3n) is 4.63. The van der Waals surface area contributed by atoms with E-state index in [1.165, 1.54) is 23.0 Å². The molecule has 0 radical (unpaired) electrons. The van der Waals surface area contributed by atoms with Crippen molar-refractivity contribution in [3.05, 3.63) is 69.4 Å². The number of halogens is 3. The molecular weight excluding hydrogens is 476 g/mol. The molecule has 0 unspecified atom stereocenters. The van der Waals surface area contributed by atoms with E-state index in [4.69, 9.17) is 22.1 Å². The lowest BCUT2D eigenvalue weighted by molar-refractivity contribution is 0.100. The molecule has 0 aliphatic rings. The fraction of sp³-hybridized carbons (Fsp3) is 0.143. The first-order chi connectivity index (χ1) is 15.7. The van der Waals surface area contributed by atoms with Crippen LogP contribution in [0.1, 0.15) is 37.8 Å². The summed E-state index contributed by atoms with van der Waals surface area (Å²) in [6, 6.07) is 9.59. The van der Waals surface area contributed by atoms with Crippen LogP contribution in [0.5, 0.6) is 5.75 Å². The maximum Gasteiger partial charge on any atom is 0.280 e. The first kappa shape index (κ1) is 22.6. The molecule has 0 spiro atoms. The number of pyridine rings is 1. The minimum Gasteiger partial charge on any atom is -0.470 e. The van der Waals surface area contributed by atoms with Crippen LogP contribution in [0.3, 0.4) is 0 Å². The number of rotatable bonds is 7. The summed E-state index contributed by atoms with van der Waals surface area (Å²) in [5.74, 6) is -0.973. The van der Waals surface area contributed by atoms with Gasteiger partial charge in [0.2, 0.25) is 0 Å². The number of aryl methyl sites for hydroxylation is 1. The Morgan fingerprint density at radius 1 is 1.30 bits per heavy atom. The predicted octanol–water partition coefficient (Wildman–Crippen LogP) is 4.78. The lowest BCUT2D eigenvalue weighted by atomic mass is 10.1. The number of carbonyl (C=O) groups is 2. The second-order valence-corrected chi connectivity index (χ2v) is 8.32. The highest BCUT2D eigenvalue weighted by atomic mass is 35.5.